The minimum atomic E-state index is 0.0214. The zero-order chi connectivity index (χ0) is 15.7. The van der Waals surface area contributed by atoms with Gasteiger partial charge in [0.15, 0.2) is 0 Å². The Bertz CT molecular complexity index is 775. The zero-order valence-corrected chi connectivity index (χ0v) is 13.0. The summed E-state index contributed by atoms with van der Waals surface area (Å²) in [5, 5.41) is 6.72. The summed E-state index contributed by atoms with van der Waals surface area (Å²) in [6, 6.07) is 10.9. The summed E-state index contributed by atoms with van der Waals surface area (Å²) in [6.45, 7) is 0. The van der Waals surface area contributed by atoms with Gasteiger partial charge in [0.2, 0.25) is 11.8 Å². The van der Waals surface area contributed by atoms with Crippen LogP contribution in [0.15, 0.2) is 36.4 Å². The number of nitrogens with one attached hydrogen (secondary N) is 2. The first-order valence-electron chi connectivity index (χ1n) is 6.68. The van der Waals surface area contributed by atoms with Crippen LogP contribution in [0.2, 0.25) is 10.0 Å². The molecule has 22 heavy (non-hydrogen) atoms. The Morgan fingerprint density at radius 1 is 0.864 bits per heavy atom. The van der Waals surface area contributed by atoms with E-state index in [9.17, 15) is 9.59 Å². The average molecular weight is 335 g/mol. The van der Waals surface area contributed by atoms with E-state index in [0.29, 0.717) is 22.9 Å². The number of fused-ring (bicyclic) bond motifs is 2. The second kappa shape index (κ2) is 5.99. The van der Waals surface area contributed by atoms with Gasteiger partial charge in [-0.15, -0.1) is 0 Å². The first kappa shape index (κ1) is 14.9. The molecular formula is C16H12Cl2N2O2. The molecule has 4 nitrogen and oxygen atoms in total. The normalized spacial score (nSPS) is 14.5. The SMILES string of the molecule is O=C1Cc2cc(Cl)ccc2N1.O=C1Cc2cccc(Cl)c2N1. The van der Waals surface area contributed by atoms with E-state index in [4.69, 9.17) is 23.2 Å². The lowest BCUT2D eigenvalue weighted by Crippen LogP contribution is -2.03. The quantitative estimate of drug-likeness (QED) is 0.772. The maximum absolute atomic E-state index is 10.9. The van der Waals surface area contributed by atoms with Gasteiger partial charge in [0.25, 0.3) is 0 Å². The van der Waals surface area contributed by atoms with E-state index in [-0.39, 0.29) is 11.8 Å². The van der Waals surface area contributed by atoms with E-state index in [2.05, 4.69) is 10.6 Å². The highest BCUT2D eigenvalue weighted by Crippen LogP contribution is 2.30. The summed E-state index contributed by atoms with van der Waals surface area (Å²) in [5.74, 6) is 0.0652. The summed E-state index contributed by atoms with van der Waals surface area (Å²) in [7, 11) is 0. The number of carbonyl (C=O) groups is 2. The number of hydrogen-bond acceptors (Lipinski definition) is 2. The van der Waals surface area contributed by atoms with Crippen molar-refractivity contribution in [2.45, 2.75) is 12.8 Å². The van der Waals surface area contributed by atoms with Crippen molar-refractivity contribution in [1.82, 2.24) is 0 Å². The van der Waals surface area contributed by atoms with Crippen molar-refractivity contribution in [3.63, 3.8) is 0 Å². The van der Waals surface area contributed by atoms with Crippen LogP contribution in [-0.4, -0.2) is 11.8 Å². The van der Waals surface area contributed by atoms with Crippen molar-refractivity contribution in [2.75, 3.05) is 10.6 Å². The minimum absolute atomic E-state index is 0.0214. The number of rotatable bonds is 0. The van der Waals surface area contributed by atoms with Crippen LogP contribution in [0.25, 0.3) is 0 Å². The van der Waals surface area contributed by atoms with Gasteiger partial charge in [-0.05, 0) is 35.4 Å². The molecule has 2 N–H and O–H groups in total. The molecule has 0 saturated heterocycles. The van der Waals surface area contributed by atoms with Crippen LogP contribution in [0.4, 0.5) is 11.4 Å². The lowest BCUT2D eigenvalue weighted by molar-refractivity contribution is -0.115. The van der Waals surface area contributed by atoms with Crippen LogP contribution in [0.3, 0.4) is 0 Å². The van der Waals surface area contributed by atoms with Crippen LogP contribution in [0.1, 0.15) is 11.1 Å². The predicted octanol–water partition coefficient (Wildman–Crippen LogP) is 3.67. The molecule has 0 radical (unpaired) electrons. The summed E-state index contributed by atoms with van der Waals surface area (Å²) in [5.41, 5.74) is 3.64. The molecule has 0 bridgehead atoms. The Morgan fingerprint density at radius 2 is 1.59 bits per heavy atom. The van der Waals surface area contributed by atoms with Gasteiger partial charge in [-0.2, -0.15) is 0 Å². The van der Waals surface area contributed by atoms with Gasteiger partial charge < -0.3 is 10.6 Å². The molecule has 0 unspecified atom stereocenters. The number of amides is 2. The largest absolute Gasteiger partial charge is 0.326 e. The molecule has 0 saturated carbocycles. The number of benzene rings is 2. The highest BCUT2D eigenvalue weighted by atomic mass is 35.5. The van der Waals surface area contributed by atoms with Gasteiger partial charge in [-0.1, -0.05) is 35.3 Å². The monoisotopic (exact) mass is 334 g/mol. The Labute approximate surface area is 137 Å². The Hall–Kier alpha value is -2.04. The van der Waals surface area contributed by atoms with Gasteiger partial charge in [0.1, 0.15) is 0 Å². The lowest BCUT2D eigenvalue weighted by atomic mass is 10.2. The smallest absolute Gasteiger partial charge is 0.228 e. The van der Waals surface area contributed by atoms with Crippen molar-refractivity contribution < 1.29 is 9.59 Å². The molecule has 2 aromatic rings. The van der Waals surface area contributed by atoms with E-state index in [1.807, 2.05) is 24.3 Å². The fourth-order valence-corrected chi connectivity index (χ4v) is 2.85. The molecule has 2 amide bonds. The highest BCUT2D eigenvalue weighted by molar-refractivity contribution is 6.34. The van der Waals surface area contributed by atoms with E-state index in [1.54, 1.807) is 12.1 Å². The van der Waals surface area contributed by atoms with Crippen LogP contribution in [-0.2, 0) is 22.4 Å². The summed E-state index contributed by atoms with van der Waals surface area (Å²) < 4.78 is 0. The topological polar surface area (TPSA) is 58.2 Å². The van der Waals surface area contributed by atoms with Crippen LogP contribution < -0.4 is 10.6 Å². The molecule has 0 fully saturated rings. The Morgan fingerprint density at radius 3 is 2.36 bits per heavy atom. The molecule has 0 aliphatic carbocycles. The second-order valence-corrected chi connectivity index (χ2v) is 5.87. The van der Waals surface area contributed by atoms with Gasteiger partial charge in [0, 0.05) is 10.7 Å². The van der Waals surface area contributed by atoms with E-state index >= 15 is 0 Å². The number of hydrogen-bond donors (Lipinski definition) is 2. The summed E-state index contributed by atoms with van der Waals surface area (Å²) in [4.78, 5) is 21.7. The lowest BCUT2D eigenvalue weighted by Gasteiger charge is -1.98. The average Bonchev–Trinajstić information content (AvgIpc) is 3.01. The van der Waals surface area contributed by atoms with Crippen molar-refractivity contribution in [3.8, 4) is 0 Å². The highest BCUT2D eigenvalue weighted by Gasteiger charge is 2.19. The van der Waals surface area contributed by atoms with E-state index < -0.39 is 0 Å². The minimum Gasteiger partial charge on any atom is -0.326 e. The molecular weight excluding hydrogens is 323 g/mol. The molecule has 0 atom stereocenters. The van der Waals surface area contributed by atoms with Crippen LogP contribution in [0.5, 0.6) is 0 Å². The maximum Gasteiger partial charge on any atom is 0.228 e. The van der Waals surface area contributed by atoms with Gasteiger partial charge in [-0.3, -0.25) is 9.59 Å². The second-order valence-electron chi connectivity index (χ2n) is 5.03. The van der Waals surface area contributed by atoms with Gasteiger partial charge in [-0.25, -0.2) is 0 Å². The molecule has 112 valence electrons. The summed E-state index contributed by atoms with van der Waals surface area (Å²) >= 11 is 11.6. The molecule has 2 aliphatic rings. The van der Waals surface area contributed by atoms with Crippen molar-refractivity contribution in [2.24, 2.45) is 0 Å². The van der Waals surface area contributed by atoms with Crippen LogP contribution >= 0.6 is 23.2 Å². The fourth-order valence-electron chi connectivity index (χ4n) is 2.41. The molecule has 2 aliphatic heterocycles. The van der Waals surface area contributed by atoms with E-state index in [1.165, 1.54) is 0 Å². The molecule has 2 heterocycles. The standard InChI is InChI=1S/2C8H6ClNO/c9-6-1-2-7-5(3-6)4-8(11)10-7;9-6-3-1-2-5-4-7(11)10-8(5)6/h2*1-3H,4H2,(H,10,11). The number of halogens is 2. The maximum atomic E-state index is 10.9. The number of anilines is 2. The fraction of sp³-hybridized carbons (Fsp3) is 0.125. The van der Waals surface area contributed by atoms with Crippen molar-refractivity contribution >= 4 is 46.4 Å². The molecule has 0 aromatic heterocycles. The number of carbonyl (C=O) groups excluding carboxylic acids is 2. The Balaban J connectivity index is 0.000000131. The van der Waals surface area contributed by atoms with E-state index in [0.717, 1.165) is 22.5 Å². The first-order valence-corrected chi connectivity index (χ1v) is 7.44. The first-order chi connectivity index (χ1) is 10.5. The predicted molar refractivity (Wildman–Crippen MR) is 87.6 cm³/mol. The third kappa shape index (κ3) is 3.08. The van der Waals surface area contributed by atoms with Gasteiger partial charge in [0.05, 0.1) is 23.6 Å². The van der Waals surface area contributed by atoms with Crippen molar-refractivity contribution in [1.29, 1.82) is 0 Å². The molecule has 6 heteroatoms. The zero-order valence-electron chi connectivity index (χ0n) is 11.5. The van der Waals surface area contributed by atoms with Crippen LogP contribution in [0, 0.1) is 0 Å². The summed E-state index contributed by atoms with van der Waals surface area (Å²) in [6.07, 6.45) is 0.909. The Kier molecular flexibility index (Phi) is 4.05. The third-order valence-electron chi connectivity index (χ3n) is 3.41. The molecule has 0 spiro atoms. The van der Waals surface area contributed by atoms with Gasteiger partial charge >= 0.3 is 0 Å². The molecule has 4 rings (SSSR count). The molecule has 2 aromatic carbocycles. The van der Waals surface area contributed by atoms with Crippen molar-refractivity contribution in [3.05, 3.63) is 57.6 Å². The number of para-hydroxylation sites is 1. The third-order valence-corrected chi connectivity index (χ3v) is 3.96.